The van der Waals surface area contributed by atoms with Gasteiger partial charge in [-0.2, -0.15) is 0 Å². The maximum absolute atomic E-state index is 13.5. The van der Waals surface area contributed by atoms with Gasteiger partial charge < -0.3 is 25.8 Å². The van der Waals surface area contributed by atoms with Crippen molar-refractivity contribution in [3.8, 4) is 11.3 Å². The summed E-state index contributed by atoms with van der Waals surface area (Å²) in [6.45, 7) is 3.69. The summed E-state index contributed by atoms with van der Waals surface area (Å²) in [6, 6.07) is 5.46. The van der Waals surface area contributed by atoms with Gasteiger partial charge in [0.05, 0.1) is 36.9 Å². The second-order valence-corrected chi connectivity index (χ2v) is 9.97. The number of carbonyl (C=O) groups is 1. The number of aliphatic hydroxyl groups is 2. The minimum Gasteiger partial charge on any atom is -0.550 e. The molecule has 0 fully saturated rings. The predicted molar refractivity (Wildman–Crippen MR) is 129 cm³/mol. The zero-order valence-electron chi connectivity index (χ0n) is 20.5. The van der Waals surface area contributed by atoms with Crippen LogP contribution in [0, 0.1) is 5.82 Å². The van der Waals surface area contributed by atoms with Crippen LogP contribution in [0.5, 0.6) is 0 Å². The topological polar surface area (TPSA) is 171 Å². The van der Waals surface area contributed by atoms with Gasteiger partial charge in [0.2, 0.25) is 16.0 Å². The Balaban J connectivity index is 0.00000298. The first-order valence-corrected chi connectivity index (χ1v) is 12.7. The summed E-state index contributed by atoms with van der Waals surface area (Å²) in [6.07, 6.45) is 0.578. The summed E-state index contributed by atoms with van der Waals surface area (Å²) in [7, 11) is -0.586. The van der Waals surface area contributed by atoms with Crippen LogP contribution in [0.1, 0.15) is 43.9 Å². The zero-order valence-corrected chi connectivity index (χ0v) is 21.3. The number of carboxylic acid groups (broad SMARTS) is 1. The number of anilines is 1. The lowest BCUT2D eigenvalue weighted by atomic mass is 9.97. The Morgan fingerprint density at radius 3 is 2.26 bits per heavy atom. The van der Waals surface area contributed by atoms with Crippen LogP contribution in [-0.2, 0) is 14.8 Å². The minimum absolute atomic E-state index is 0.0670. The van der Waals surface area contributed by atoms with Crippen LogP contribution in [0.15, 0.2) is 30.3 Å². The third-order valence-electron chi connectivity index (χ3n) is 4.81. The second kappa shape index (κ2) is 13.2. The molecular formula is C23H33FN4O6S. The number of halogens is 1. The lowest BCUT2D eigenvalue weighted by Gasteiger charge is -2.20. The number of aromatic nitrogens is 2. The molecule has 10 nitrogen and oxygen atoms in total. The van der Waals surface area contributed by atoms with Crippen molar-refractivity contribution < 1.29 is 38.7 Å². The average Bonchev–Trinajstić information content (AvgIpc) is 2.77. The molecule has 0 bridgehead atoms. The summed E-state index contributed by atoms with van der Waals surface area (Å²) in [5, 5.41) is 30.6. The van der Waals surface area contributed by atoms with E-state index in [1.807, 2.05) is 13.8 Å². The Labute approximate surface area is 205 Å². The number of hydrogen-bond acceptors (Lipinski definition) is 8. The van der Waals surface area contributed by atoms with Crippen LogP contribution >= 0.6 is 0 Å². The Kier molecular flexibility index (Phi) is 11.4. The van der Waals surface area contributed by atoms with E-state index in [1.165, 1.54) is 43.5 Å². The SMILES string of the molecule is CC(C)c1nc(N(C)S(C)(=O)=O)nc(-c2ccc(F)cc2)c1/C=C/[C@@H](O)C[C@@H](O)CC(=O)[O-].C[NH3+]. The maximum Gasteiger partial charge on any atom is 0.239 e. The third kappa shape index (κ3) is 8.98. The monoisotopic (exact) mass is 512 g/mol. The third-order valence-corrected chi connectivity index (χ3v) is 5.97. The molecule has 1 aromatic heterocycles. The molecule has 35 heavy (non-hydrogen) atoms. The molecule has 1 aromatic carbocycles. The first kappa shape index (κ1) is 30.1. The Morgan fingerprint density at radius 1 is 1.20 bits per heavy atom. The molecule has 0 saturated heterocycles. The summed E-state index contributed by atoms with van der Waals surface area (Å²) >= 11 is 0. The van der Waals surface area contributed by atoms with Crippen LogP contribution in [0.4, 0.5) is 10.3 Å². The molecule has 5 N–H and O–H groups in total. The van der Waals surface area contributed by atoms with Crippen molar-refractivity contribution in [1.29, 1.82) is 0 Å². The van der Waals surface area contributed by atoms with E-state index in [0.29, 0.717) is 22.5 Å². The van der Waals surface area contributed by atoms with Crippen LogP contribution in [-0.4, -0.2) is 67.1 Å². The molecular weight excluding hydrogens is 479 g/mol. The fourth-order valence-electron chi connectivity index (χ4n) is 3.04. The van der Waals surface area contributed by atoms with Gasteiger partial charge in [0, 0.05) is 37.0 Å². The van der Waals surface area contributed by atoms with Crippen LogP contribution in [0.25, 0.3) is 17.3 Å². The van der Waals surface area contributed by atoms with E-state index in [2.05, 4.69) is 15.7 Å². The van der Waals surface area contributed by atoms with Crippen molar-refractivity contribution in [1.82, 2.24) is 9.97 Å². The van der Waals surface area contributed by atoms with Crippen molar-refractivity contribution in [2.24, 2.45) is 0 Å². The number of benzene rings is 1. The predicted octanol–water partition coefficient (Wildman–Crippen LogP) is -0.0749. The number of hydrogen-bond donors (Lipinski definition) is 3. The normalized spacial score (nSPS) is 13.3. The van der Waals surface area contributed by atoms with E-state index < -0.39 is 40.4 Å². The molecule has 0 saturated carbocycles. The first-order valence-electron chi connectivity index (χ1n) is 10.9. The van der Waals surface area contributed by atoms with Crippen molar-refractivity contribution in [2.75, 3.05) is 24.7 Å². The molecule has 0 spiro atoms. The van der Waals surface area contributed by atoms with Gasteiger partial charge >= 0.3 is 0 Å². The van der Waals surface area contributed by atoms with Gasteiger partial charge in [0.1, 0.15) is 5.82 Å². The number of quaternary nitrogens is 1. The van der Waals surface area contributed by atoms with Gasteiger partial charge in [0.25, 0.3) is 0 Å². The second-order valence-electron chi connectivity index (χ2n) is 7.96. The molecule has 2 rings (SSSR count). The Morgan fingerprint density at radius 2 is 1.77 bits per heavy atom. The van der Waals surface area contributed by atoms with Crippen molar-refractivity contribution >= 4 is 28.0 Å². The van der Waals surface area contributed by atoms with E-state index in [1.54, 1.807) is 7.05 Å². The highest BCUT2D eigenvalue weighted by atomic mass is 32.2. The number of nitrogens with zero attached hydrogens (tertiary/aromatic N) is 3. The highest BCUT2D eigenvalue weighted by molar-refractivity contribution is 7.92. The molecule has 0 aliphatic rings. The lowest BCUT2D eigenvalue weighted by molar-refractivity contribution is -0.325. The van der Waals surface area contributed by atoms with Crippen molar-refractivity contribution in [3.63, 3.8) is 0 Å². The summed E-state index contributed by atoms with van der Waals surface area (Å²) in [5.41, 5.74) is 5.01. The van der Waals surface area contributed by atoms with Gasteiger partial charge in [-0.05, 0) is 30.2 Å². The van der Waals surface area contributed by atoms with Crippen LogP contribution < -0.4 is 15.1 Å². The summed E-state index contributed by atoms with van der Waals surface area (Å²) in [4.78, 5) is 19.4. The van der Waals surface area contributed by atoms with E-state index >= 15 is 0 Å². The summed E-state index contributed by atoms with van der Waals surface area (Å²) < 4.78 is 38.6. The van der Waals surface area contributed by atoms with Gasteiger partial charge in [-0.15, -0.1) is 0 Å². The molecule has 0 amide bonds. The molecule has 0 aliphatic carbocycles. The quantitative estimate of drug-likeness (QED) is 0.397. The van der Waals surface area contributed by atoms with E-state index in [9.17, 15) is 32.9 Å². The molecule has 0 aliphatic heterocycles. The smallest absolute Gasteiger partial charge is 0.239 e. The number of sulfonamides is 1. The number of carboxylic acids is 1. The van der Waals surface area contributed by atoms with E-state index in [4.69, 9.17) is 0 Å². The lowest BCUT2D eigenvalue weighted by Crippen LogP contribution is -2.40. The van der Waals surface area contributed by atoms with Gasteiger partial charge in [-0.1, -0.05) is 26.0 Å². The number of rotatable bonds is 10. The van der Waals surface area contributed by atoms with Crippen LogP contribution in [0.3, 0.4) is 0 Å². The van der Waals surface area contributed by atoms with E-state index in [-0.39, 0.29) is 18.3 Å². The van der Waals surface area contributed by atoms with Crippen molar-refractivity contribution in [3.05, 3.63) is 47.4 Å². The van der Waals surface area contributed by atoms with Crippen molar-refractivity contribution in [2.45, 2.75) is 44.8 Å². The fraction of sp³-hybridized carbons (Fsp3) is 0.435. The highest BCUT2D eigenvalue weighted by Crippen LogP contribution is 2.31. The zero-order chi connectivity index (χ0) is 26.9. The molecule has 0 unspecified atom stereocenters. The molecule has 12 heteroatoms. The van der Waals surface area contributed by atoms with Gasteiger partial charge in [0.15, 0.2) is 0 Å². The standard InChI is InChI=1S/C22H28FN3O6S.CH5N/c1-13(2)20-18(10-9-16(27)11-17(28)12-19(29)30)21(14-5-7-15(23)8-6-14)25-22(24-20)26(3)33(4,31)32;1-2/h5-10,13,16-17,27-28H,11-12H2,1-4H3,(H,29,30);2H2,1H3/b10-9+;/t16-,17-;/m1./s1. The van der Waals surface area contributed by atoms with Gasteiger partial charge in [-0.25, -0.2) is 27.1 Å². The molecule has 1 heterocycles. The molecule has 0 radical (unpaired) electrons. The molecule has 194 valence electrons. The molecule has 2 atom stereocenters. The minimum atomic E-state index is -3.66. The Hall–Kier alpha value is -2.93. The maximum atomic E-state index is 13.5. The van der Waals surface area contributed by atoms with Crippen LogP contribution in [0.2, 0.25) is 0 Å². The molecule has 2 aromatic rings. The number of carbonyl (C=O) groups excluding carboxylic acids is 1. The Bertz CT molecular complexity index is 1120. The number of aliphatic carboxylic acids is 1. The highest BCUT2D eigenvalue weighted by Gasteiger charge is 2.22. The largest absolute Gasteiger partial charge is 0.550 e. The summed E-state index contributed by atoms with van der Waals surface area (Å²) in [5.74, 6) is -2.14. The average molecular weight is 513 g/mol. The number of aliphatic hydroxyl groups excluding tert-OH is 2. The van der Waals surface area contributed by atoms with E-state index in [0.717, 1.165) is 10.6 Å². The fourth-order valence-corrected chi connectivity index (χ4v) is 3.41. The first-order chi connectivity index (χ1) is 16.3. The van der Waals surface area contributed by atoms with Gasteiger partial charge in [-0.3, -0.25) is 0 Å².